The zero-order valence-corrected chi connectivity index (χ0v) is 9.55. The Labute approximate surface area is 86.7 Å². The quantitative estimate of drug-likeness (QED) is 0.601. The predicted octanol–water partition coefficient (Wildman–Crippen LogP) is 2.11. The lowest BCUT2D eigenvalue weighted by Gasteiger charge is -2.40. The molecule has 80 valence electrons. The number of aliphatic hydroxyl groups is 1. The van der Waals surface area contributed by atoms with E-state index in [4.69, 9.17) is 9.84 Å². The van der Waals surface area contributed by atoms with Crippen molar-refractivity contribution in [1.82, 2.24) is 0 Å². The maximum atomic E-state index is 9.10. The molecule has 14 heavy (non-hydrogen) atoms. The molecule has 0 aromatic carbocycles. The van der Waals surface area contributed by atoms with E-state index in [1.807, 2.05) is 6.92 Å². The van der Waals surface area contributed by atoms with Gasteiger partial charge in [-0.2, -0.15) is 0 Å². The molecule has 1 aliphatic rings. The molecule has 2 nitrogen and oxygen atoms in total. The SMILES string of the molecule is CC(O)C#CC1(C)CCCC(C)(C)O1. The van der Waals surface area contributed by atoms with E-state index in [1.54, 1.807) is 6.92 Å². The van der Waals surface area contributed by atoms with Crippen molar-refractivity contribution < 1.29 is 9.84 Å². The molecule has 0 saturated carbocycles. The summed E-state index contributed by atoms with van der Waals surface area (Å²) in [6, 6.07) is 0. The van der Waals surface area contributed by atoms with Gasteiger partial charge < -0.3 is 9.84 Å². The lowest BCUT2D eigenvalue weighted by molar-refractivity contribution is -0.135. The van der Waals surface area contributed by atoms with Gasteiger partial charge in [-0.1, -0.05) is 11.8 Å². The van der Waals surface area contributed by atoms with Gasteiger partial charge in [-0.25, -0.2) is 0 Å². The Morgan fingerprint density at radius 2 is 1.93 bits per heavy atom. The smallest absolute Gasteiger partial charge is 0.126 e. The van der Waals surface area contributed by atoms with Crippen molar-refractivity contribution in [2.45, 2.75) is 64.3 Å². The van der Waals surface area contributed by atoms with Crippen LogP contribution in [0, 0.1) is 11.8 Å². The second-order valence-corrected chi connectivity index (χ2v) is 4.89. The van der Waals surface area contributed by atoms with Crippen LogP contribution in [0.3, 0.4) is 0 Å². The summed E-state index contributed by atoms with van der Waals surface area (Å²) in [5, 5.41) is 9.10. The molecule has 0 spiro atoms. The van der Waals surface area contributed by atoms with Gasteiger partial charge in [0.25, 0.3) is 0 Å². The van der Waals surface area contributed by atoms with Gasteiger partial charge in [0, 0.05) is 0 Å². The van der Waals surface area contributed by atoms with Gasteiger partial charge in [0.2, 0.25) is 0 Å². The highest BCUT2D eigenvalue weighted by Crippen LogP contribution is 2.34. The fraction of sp³-hybridized carbons (Fsp3) is 0.833. The van der Waals surface area contributed by atoms with E-state index in [0.29, 0.717) is 0 Å². The molecule has 1 saturated heterocycles. The maximum absolute atomic E-state index is 9.10. The standard InChI is InChI=1S/C12H20O2/c1-10(13)6-9-12(4)8-5-7-11(2,3)14-12/h10,13H,5,7-8H2,1-4H3. The van der Waals surface area contributed by atoms with Crippen LogP contribution in [0.4, 0.5) is 0 Å². The second kappa shape index (κ2) is 3.92. The Morgan fingerprint density at radius 3 is 2.43 bits per heavy atom. The molecule has 0 aromatic rings. The van der Waals surface area contributed by atoms with E-state index in [1.165, 1.54) is 0 Å². The van der Waals surface area contributed by atoms with Crippen LogP contribution in [0.1, 0.15) is 47.0 Å². The molecule has 1 N–H and O–H groups in total. The van der Waals surface area contributed by atoms with Gasteiger partial charge in [0.05, 0.1) is 5.60 Å². The fourth-order valence-electron chi connectivity index (χ4n) is 1.91. The second-order valence-electron chi connectivity index (χ2n) is 4.89. The number of hydrogen-bond donors (Lipinski definition) is 1. The van der Waals surface area contributed by atoms with Crippen molar-refractivity contribution in [2.24, 2.45) is 0 Å². The number of aliphatic hydroxyl groups excluding tert-OH is 1. The first kappa shape index (κ1) is 11.6. The van der Waals surface area contributed by atoms with Crippen LogP contribution >= 0.6 is 0 Å². The van der Waals surface area contributed by atoms with E-state index >= 15 is 0 Å². The molecule has 2 heteroatoms. The van der Waals surface area contributed by atoms with E-state index in [2.05, 4.69) is 25.7 Å². The van der Waals surface area contributed by atoms with E-state index in [0.717, 1.165) is 19.3 Å². The molecule has 2 unspecified atom stereocenters. The molecule has 0 radical (unpaired) electrons. The Hall–Kier alpha value is -0.520. The van der Waals surface area contributed by atoms with Crippen molar-refractivity contribution in [3.05, 3.63) is 0 Å². The minimum absolute atomic E-state index is 0.0830. The summed E-state index contributed by atoms with van der Waals surface area (Å²) in [6.07, 6.45) is 2.60. The van der Waals surface area contributed by atoms with Crippen LogP contribution < -0.4 is 0 Å². The van der Waals surface area contributed by atoms with Gasteiger partial charge in [-0.05, 0) is 47.0 Å². The van der Waals surface area contributed by atoms with Crippen molar-refractivity contribution in [2.75, 3.05) is 0 Å². The minimum atomic E-state index is -0.569. The summed E-state index contributed by atoms with van der Waals surface area (Å²) in [5.74, 6) is 5.80. The maximum Gasteiger partial charge on any atom is 0.126 e. The fourth-order valence-corrected chi connectivity index (χ4v) is 1.91. The average Bonchev–Trinajstić information content (AvgIpc) is 1.98. The van der Waals surface area contributed by atoms with Gasteiger partial charge in [0.15, 0.2) is 0 Å². The molecule has 0 aliphatic carbocycles. The van der Waals surface area contributed by atoms with Crippen LogP contribution in [-0.4, -0.2) is 22.4 Å². The van der Waals surface area contributed by atoms with Crippen LogP contribution in [0.2, 0.25) is 0 Å². The normalized spacial score (nSPS) is 32.9. The Morgan fingerprint density at radius 1 is 1.29 bits per heavy atom. The van der Waals surface area contributed by atoms with Crippen LogP contribution in [0.5, 0.6) is 0 Å². The molecular weight excluding hydrogens is 176 g/mol. The minimum Gasteiger partial charge on any atom is -0.381 e. The third kappa shape index (κ3) is 3.32. The highest BCUT2D eigenvalue weighted by atomic mass is 16.5. The van der Waals surface area contributed by atoms with Gasteiger partial charge in [0.1, 0.15) is 11.7 Å². The summed E-state index contributed by atoms with van der Waals surface area (Å²) in [6.45, 7) is 7.86. The lowest BCUT2D eigenvalue weighted by Crippen LogP contribution is -2.42. The topological polar surface area (TPSA) is 29.5 Å². The molecule has 1 rings (SSSR count). The van der Waals surface area contributed by atoms with E-state index < -0.39 is 6.10 Å². The molecule has 2 atom stereocenters. The van der Waals surface area contributed by atoms with E-state index in [9.17, 15) is 0 Å². The third-order valence-corrected chi connectivity index (χ3v) is 2.48. The predicted molar refractivity (Wildman–Crippen MR) is 56.9 cm³/mol. The number of ether oxygens (including phenoxy) is 1. The lowest BCUT2D eigenvalue weighted by atomic mass is 9.88. The van der Waals surface area contributed by atoms with Crippen molar-refractivity contribution in [1.29, 1.82) is 0 Å². The van der Waals surface area contributed by atoms with E-state index in [-0.39, 0.29) is 11.2 Å². The Kier molecular flexibility index (Phi) is 3.24. The van der Waals surface area contributed by atoms with Crippen LogP contribution in [-0.2, 0) is 4.74 Å². The molecular formula is C12H20O2. The molecule has 1 heterocycles. The first-order chi connectivity index (χ1) is 6.33. The van der Waals surface area contributed by atoms with Crippen LogP contribution in [0.25, 0.3) is 0 Å². The molecule has 0 aromatic heterocycles. The Bertz CT molecular complexity index is 257. The number of rotatable bonds is 0. The van der Waals surface area contributed by atoms with Gasteiger partial charge in [-0.15, -0.1) is 0 Å². The zero-order valence-electron chi connectivity index (χ0n) is 9.55. The van der Waals surface area contributed by atoms with Gasteiger partial charge in [-0.3, -0.25) is 0 Å². The summed E-state index contributed by atoms with van der Waals surface area (Å²) >= 11 is 0. The summed E-state index contributed by atoms with van der Waals surface area (Å²) < 4.78 is 5.93. The average molecular weight is 196 g/mol. The zero-order chi connectivity index (χ0) is 10.8. The van der Waals surface area contributed by atoms with Crippen LogP contribution in [0.15, 0.2) is 0 Å². The van der Waals surface area contributed by atoms with Gasteiger partial charge >= 0.3 is 0 Å². The highest BCUT2D eigenvalue weighted by molar-refractivity contribution is 5.16. The summed E-state index contributed by atoms with van der Waals surface area (Å²) in [7, 11) is 0. The first-order valence-corrected chi connectivity index (χ1v) is 5.24. The van der Waals surface area contributed by atoms with Crippen molar-refractivity contribution in [3.8, 4) is 11.8 Å². The van der Waals surface area contributed by atoms with Crippen molar-refractivity contribution in [3.63, 3.8) is 0 Å². The summed E-state index contributed by atoms with van der Waals surface area (Å²) in [5.41, 5.74) is -0.459. The molecule has 0 bridgehead atoms. The largest absolute Gasteiger partial charge is 0.381 e. The Balaban J connectivity index is 2.71. The summed E-state index contributed by atoms with van der Waals surface area (Å²) in [4.78, 5) is 0. The molecule has 1 fully saturated rings. The molecule has 1 aliphatic heterocycles. The first-order valence-electron chi connectivity index (χ1n) is 5.24. The highest BCUT2D eigenvalue weighted by Gasteiger charge is 2.35. The number of hydrogen-bond acceptors (Lipinski definition) is 2. The monoisotopic (exact) mass is 196 g/mol. The van der Waals surface area contributed by atoms with Crippen molar-refractivity contribution >= 4 is 0 Å². The third-order valence-electron chi connectivity index (χ3n) is 2.48. The molecule has 0 amide bonds.